The summed E-state index contributed by atoms with van der Waals surface area (Å²) >= 11 is 0. The van der Waals surface area contributed by atoms with E-state index in [0.29, 0.717) is 33.9 Å². The molecule has 2 aromatic heterocycles. The molecule has 0 aliphatic carbocycles. The van der Waals surface area contributed by atoms with E-state index < -0.39 is 5.97 Å². The third-order valence-corrected chi connectivity index (χ3v) is 5.20. The number of hydrogen-bond donors (Lipinski definition) is 3. The van der Waals surface area contributed by atoms with Gasteiger partial charge >= 0.3 is 0 Å². The molecule has 181 valence electrons. The first-order valence-electron chi connectivity index (χ1n) is 10.8. The van der Waals surface area contributed by atoms with E-state index in [1.165, 1.54) is 0 Å². The van der Waals surface area contributed by atoms with Crippen molar-refractivity contribution in [3.8, 4) is 45.4 Å². The molecule has 4 rings (SSSR count). The molecule has 6 nitrogen and oxygen atoms in total. The van der Waals surface area contributed by atoms with Gasteiger partial charge in [-0.1, -0.05) is 24.3 Å². The van der Waals surface area contributed by atoms with Crippen LogP contribution in [0, 0.1) is 27.7 Å². The number of phenolic OH excluding ortho intramolecular Hbond substituents is 2. The number of benzene rings is 2. The van der Waals surface area contributed by atoms with Crippen LogP contribution in [0.4, 0.5) is 0 Å². The Morgan fingerprint density at radius 3 is 1.31 bits per heavy atom. The summed E-state index contributed by atoms with van der Waals surface area (Å²) in [6.45, 7) is 8.86. The van der Waals surface area contributed by atoms with Gasteiger partial charge in [-0.2, -0.15) is 0 Å². The third-order valence-electron chi connectivity index (χ3n) is 5.20. The molecule has 0 fully saturated rings. The Morgan fingerprint density at radius 1 is 0.657 bits per heavy atom. The van der Waals surface area contributed by atoms with Crippen LogP contribution in [0.15, 0.2) is 60.7 Å². The molecule has 4 aromatic rings. The molecule has 0 unspecified atom stereocenters. The summed E-state index contributed by atoms with van der Waals surface area (Å²) in [5.74, 6) is -0.348. The minimum absolute atomic E-state index is 0. The van der Waals surface area contributed by atoms with Crippen LogP contribution < -0.4 is 0 Å². The maximum atomic E-state index is 10.5. The van der Waals surface area contributed by atoms with Crippen molar-refractivity contribution < 1.29 is 37.2 Å². The van der Waals surface area contributed by atoms with Crippen LogP contribution in [0.3, 0.4) is 0 Å². The van der Waals surface area contributed by atoms with Gasteiger partial charge in [0.1, 0.15) is 11.5 Å². The molecular formula is C28H28MnN2O4. The fraction of sp³-hybridized carbons (Fsp3) is 0.179. The Morgan fingerprint density at radius 2 is 0.971 bits per heavy atom. The molecule has 0 bridgehead atoms. The van der Waals surface area contributed by atoms with Gasteiger partial charge in [-0.25, -0.2) is 9.97 Å². The summed E-state index contributed by atoms with van der Waals surface area (Å²) in [5.41, 5.74) is 7.99. The molecule has 0 aliphatic heterocycles. The smallest absolute Gasteiger partial charge is 0.300 e. The van der Waals surface area contributed by atoms with Crippen LogP contribution in [-0.4, -0.2) is 31.3 Å². The van der Waals surface area contributed by atoms with Gasteiger partial charge in [0.15, 0.2) is 0 Å². The molecule has 0 spiro atoms. The first kappa shape index (κ1) is 27.6. The number of nitrogens with zero attached hydrogens (tertiary/aromatic N) is 2. The third kappa shape index (κ3) is 6.69. The zero-order valence-corrected chi connectivity index (χ0v) is 21.5. The number of carboxylic acids is 1. The van der Waals surface area contributed by atoms with Crippen molar-refractivity contribution in [2.24, 2.45) is 0 Å². The first-order chi connectivity index (χ1) is 16.1. The molecular weight excluding hydrogens is 483 g/mol. The Bertz CT molecular complexity index is 1270. The number of pyridine rings is 2. The predicted molar refractivity (Wildman–Crippen MR) is 134 cm³/mol. The molecule has 0 saturated carbocycles. The fourth-order valence-corrected chi connectivity index (χ4v) is 3.77. The van der Waals surface area contributed by atoms with Crippen molar-refractivity contribution >= 4 is 5.97 Å². The van der Waals surface area contributed by atoms with E-state index in [-0.39, 0.29) is 28.6 Å². The van der Waals surface area contributed by atoms with Gasteiger partial charge in [-0.05, 0) is 86.3 Å². The maximum absolute atomic E-state index is 10.5. The molecule has 0 atom stereocenters. The topological polar surface area (TPSA) is 104 Å². The monoisotopic (exact) mass is 511 g/mol. The van der Waals surface area contributed by atoms with Crippen molar-refractivity contribution in [3.05, 3.63) is 82.9 Å². The SMILES string of the molecule is CC(=O)O.Cc1cc(C)c(O)c(-c2cccc(-c3cccc(-c4cc(C)cc(C)c4O)n3)n2)c1.[Mn]. The van der Waals surface area contributed by atoms with Gasteiger partial charge in [0.2, 0.25) is 0 Å². The number of aromatic hydroxyl groups is 2. The standard InChI is InChI=1S/C26H24N2O2.C2H4O2.Mn/c1-15-11-17(3)25(29)19(13-15)21-7-5-9-23(27-21)24-10-6-8-22(28-24)20-14-16(2)12-18(4)26(20)30;1-2(3)4;/h5-14,29-30H,1-4H3;1H3,(H,3,4);. The maximum Gasteiger partial charge on any atom is 0.300 e. The summed E-state index contributed by atoms with van der Waals surface area (Å²) in [4.78, 5) is 18.5. The molecule has 2 aromatic carbocycles. The van der Waals surface area contributed by atoms with Crippen molar-refractivity contribution in [2.45, 2.75) is 34.6 Å². The Labute approximate surface area is 215 Å². The minimum atomic E-state index is -0.833. The number of hydrogen-bond acceptors (Lipinski definition) is 5. The van der Waals surface area contributed by atoms with Crippen molar-refractivity contribution in [1.29, 1.82) is 0 Å². The largest absolute Gasteiger partial charge is 0.507 e. The number of carboxylic acid groups (broad SMARTS) is 1. The van der Waals surface area contributed by atoms with Gasteiger partial charge < -0.3 is 15.3 Å². The fourth-order valence-electron chi connectivity index (χ4n) is 3.77. The second kappa shape index (κ2) is 11.6. The second-order valence-corrected chi connectivity index (χ2v) is 8.29. The van der Waals surface area contributed by atoms with Crippen LogP contribution in [-0.2, 0) is 21.9 Å². The first-order valence-corrected chi connectivity index (χ1v) is 10.8. The Hall–Kier alpha value is -3.67. The molecule has 7 heteroatoms. The van der Waals surface area contributed by atoms with E-state index in [0.717, 1.165) is 29.2 Å². The number of aryl methyl sites for hydroxylation is 4. The summed E-state index contributed by atoms with van der Waals surface area (Å²) in [6.07, 6.45) is 0. The van der Waals surface area contributed by atoms with E-state index >= 15 is 0 Å². The zero-order valence-electron chi connectivity index (χ0n) is 20.3. The van der Waals surface area contributed by atoms with E-state index in [9.17, 15) is 10.2 Å². The molecule has 1 radical (unpaired) electrons. The van der Waals surface area contributed by atoms with E-state index in [2.05, 4.69) is 0 Å². The summed E-state index contributed by atoms with van der Waals surface area (Å²) in [7, 11) is 0. The van der Waals surface area contributed by atoms with Gasteiger partial charge in [0.25, 0.3) is 5.97 Å². The van der Waals surface area contributed by atoms with Crippen LogP contribution in [0.5, 0.6) is 11.5 Å². The van der Waals surface area contributed by atoms with Crippen LogP contribution >= 0.6 is 0 Å². The van der Waals surface area contributed by atoms with Gasteiger partial charge in [0, 0.05) is 35.1 Å². The minimum Gasteiger partial charge on any atom is -0.507 e. The van der Waals surface area contributed by atoms with E-state index in [1.54, 1.807) is 0 Å². The van der Waals surface area contributed by atoms with Crippen LogP contribution in [0.1, 0.15) is 29.2 Å². The molecule has 0 saturated heterocycles. The molecule has 0 aliphatic rings. The summed E-state index contributed by atoms with van der Waals surface area (Å²) < 4.78 is 0. The number of phenols is 2. The van der Waals surface area contributed by atoms with Crippen molar-refractivity contribution in [1.82, 2.24) is 9.97 Å². The number of carbonyl (C=O) groups is 1. The molecule has 3 N–H and O–H groups in total. The van der Waals surface area contributed by atoms with Gasteiger partial charge in [-0.15, -0.1) is 0 Å². The molecule has 2 heterocycles. The average molecular weight is 511 g/mol. The number of aliphatic carboxylic acids is 1. The second-order valence-electron chi connectivity index (χ2n) is 8.29. The quantitative estimate of drug-likeness (QED) is 0.283. The van der Waals surface area contributed by atoms with E-state index in [1.807, 2.05) is 88.4 Å². The van der Waals surface area contributed by atoms with Gasteiger partial charge in [-0.3, -0.25) is 4.79 Å². The summed E-state index contributed by atoms with van der Waals surface area (Å²) in [6, 6.07) is 19.2. The van der Waals surface area contributed by atoms with Crippen LogP contribution in [0.2, 0.25) is 0 Å². The molecule has 0 amide bonds. The zero-order chi connectivity index (χ0) is 25.0. The number of aromatic nitrogens is 2. The van der Waals surface area contributed by atoms with Crippen LogP contribution in [0.25, 0.3) is 33.9 Å². The average Bonchev–Trinajstić information content (AvgIpc) is 2.78. The number of rotatable bonds is 3. The normalized spacial score (nSPS) is 10.1. The van der Waals surface area contributed by atoms with E-state index in [4.69, 9.17) is 19.9 Å². The van der Waals surface area contributed by atoms with Crippen molar-refractivity contribution in [3.63, 3.8) is 0 Å². The Balaban J connectivity index is 0.000000804. The summed E-state index contributed by atoms with van der Waals surface area (Å²) in [5, 5.41) is 28.5. The van der Waals surface area contributed by atoms with Crippen molar-refractivity contribution in [2.75, 3.05) is 0 Å². The van der Waals surface area contributed by atoms with Gasteiger partial charge in [0.05, 0.1) is 22.8 Å². The predicted octanol–water partition coefficient (Wildman–Crippen LogP) is 6.21. The molecule has 35 heavy (non-hydrogen) atoms. The Kier molecular flexibility index (Phi) is 9.18.